The highest BCUT2D eigenvalue weighted by atomic mass is 32.2. The molecule has 0 unspecified atom stereocenters. The minimum Gasteiger partial charge on any atom is -0.263 e. The molecular weight excluding hydrogens is 324 g/mol. The van der Waals surface area contributed by atoms with Crippen molar-refractivity contribution in [1.29, 1.82) is 0 Å². The van der Waals surface area contributed by atoms with Crippen molar-refractivity contribution in [1.82, 2.24) is 28.2 Å². The Hall–Kier alpha value is -1.91. The van der Waals surface area contributed by atoms with Gasteiger partial charge in [-0.1, -0.05) is 6.07 Å². The van der Waals surface area contributed by atoms with Crippen LogP contribution in [0.1, 0.15) is 17.6 Å². The first kappa shape index (κ1) is 13.7. The predicted molar refractivity (Wildman–Crippen MR) is 80.0 cm³/mol. The van der Waals surface area contributed by atoms with Crippen LogP contribution in [0, 0.1) is 6.92 Å². The van der Waals surface area contributed by atoms with E-state index in [-0.39, 0.29) is 10.8 Å². The zero-order valence-electron chi connectivity index (χ0n) is 11.6. The van der Waals surface area contributed by atoms with Gasteiger partial charge in [0, 0.05) is 19.0 Å². The number of benzene rings is 1. The van der Waals surface area contributed by atoms with Crippen LogP contribution in [0.4, 0.5) is 0 Å². The van der Waals surface area contributed by atoms with Crippen molar-refractivity contribution in [2.24, 2.45) is 0 Å². The number of hydrogen-bond donors (Lipinski definition) is 1. The smallest absolute Gasteiger partial charge is 0.245 e. The molecule has 1 aromatic carbocycles. The molecule has 3 aromatic rings. The first-order valence-corrected chi connectivity index (χ1v) is 8.83. The number of aryl methyl sites for hydroxylation is 1. The summed E-state index contributed by atoms with van der Waals surface area (Å²) in [5.41, 5.74) is 1.04. The number of H-pyrrole nitrogens is 1. The third-order valence-electron chi connectivity index (χ3n) is 3.69. The van der Waals surface area contributed by atoms with Gasteiger partial charge in [-0.05, 0) is 19.1 Å². The van der Waals surface area contributed by atoms with Crippen molar-refractivity contribution in [3.63, 3.8) is 0 Å². The molecule has 1 aliphatic heterocycles. The molecule has 1 fully saturated rings. The molecule has 0 spiro atoms. The highest BCUT2D eigenvalue weighted by Gasteiger charge is 2.40. The minimum absolute atomic E-state index is 0.0347. The van der Waals surface area contributed by atoms with E-state index < -0.39 is 10.0 Å². The minimum atomic E-state index is -3.56. The van der Waals surface area contributed by atoms with Crippen LogP contribution in [0.2, 0.25) is 0 Å². The molecule has 0 bridgehead atoms. The van der Waals surface area contributed by atoms with Gasteiger partial charge in [-0.3, -0.25) is 5.10 Å². The van der Waals surface area contributed by atoms with Gasteiger partial charge in [-0.15, -0.1) is 0 Å². The summed E-state index contributed by atoms with van der Waals surface area (Å²) in [5.74, 6) is 1.43. The van der Waals surface area contributed by atoms with Gasteiger partial charge in [-0.2, -0.15) is 18.2 Å². The third-order valence-corrected chi connectivity index (χ3v) is 6.10. The lowest BCUT2D eigenvalue weighted by Crippen LogP contribution is -2.48. The van der Waals surface area contributed by atoms with E-state index in [1.807, 2.05) is 6.92 Å². The maximum atomic E-state index is 12.7. The van der Waals surface area contributed by atoms with E-state index in [1.165, 1.54) is 4.31 Å². The zero-order chi connectivity index (χ0) is 15.3. The normalized spacial score (nSPS) is 17.0. The molecule has 0 saturated carbocycles. The standard InChI is InChI=1S/C12H12N6O2S2/c1-7-13-12(15-14-7)8-5-18(6-8)22(19,20)10-4-2-3-9-11(10)17-21-16-9/h2-4,8H,5-6H2,1H3,(H,13,14,15). The van der Waals surface area contributed by atoms with Gasteiger partial charge in [0.2, 0.25) is 10.0 Å². The summed E-state index contributed by atoms with van der Waals surface area (Å²) in [4.78, 5) is 4.47. The molecule has 4 rings (SSSR count). The number of hydrogen-bond acceptors (Lipinski definition) is 7. The monoisotopic (exact) mass is 336 g/mol. The molecule has 0 atom stereocenters. The zero-order valence-corrected chi connectivity index (χ0v) is 13.2. The van der Waals surface area contributed by atoms with Gasteiger partial charge in [0.1, 0.15) is 21.8 Å². The number of rotatable bonds is 3. The van der Waals surface area contributed by atoms with Crippen LogP contribution >= 0.6 is 11.7 Å². The average Bonchev–Trinajstić information content (AvgIpc) is 3.05. The molecule has 0 amide bonds. The Balaban J connectivity index is 1.62. The Morgan fingerprint density at radius 1 is 1.32 bits per heavy atom. The van der Waals surface area contributed by atoms with Crippen molar-refractivity contribution >= 4 is 32.8 Å². The lowest BCUT2D eigenvalue weighted by atomic mass is 10.0. The molecule has 114 valence electrons. The van der Waals surface area contributed by atoms with Crippen LogP contribution in [-0.2, 0) is 10.0 Å². The van der Waals surface area contributed by atoms with E-state index in [0.29, 0.717) is 29.9 Å². The molecule has 3 heterocycles. The SMILES string of the molecule is Cc1nc(C2CN(S(=O)(=O)c3cccc4nsnc34)C2)n[nH]1. The van der Waals surface area contributed by atoms with Gasteiger partial charge in [0.05, 0.1) is 11.7 Å². The Kier molecular flexibility index (Phi) is 2.99. The van der Waals surface area contributed by atoms with Gasteiger partial charge in [0.15, 0.2) is 5.82 Å². The predicted octanol–water partition coefficient (Wildman–Crippen LogP) is 0.906. The molecule has 10 heteroatoms. The lowest BCUT2D eigenvalue weighted by molar-refractivity contribution is 0.256. The van der Waals surface area contributed by atoms with Crippen LogP contribution in [0.15, 0.2) is 23.1 Å². The summed E-state index contributed by atoms with van der Waals surface area (Å²) >= 11 is 1.01. The molecule has 22 heavy (non-hydrogen) atoms. The summed E-state index contributed by atoms with van der Waals surface area (Å²) in [6.07, 6.45) is 0. The summed E-state index contributed by atoms with van der Waals surface area (Å²) < 4.78 is 35.1. The van der Waals surface area contributed by atoms with Gasteiger partial charge in [0.25, 0.3) is 0 Å². The number of nitrogens with one attached hydrogen (secondary N) is 1. The molecule has 0 aliphatic carbocycles. The highest BCUT2D eigenvalue weighted by Crippen LogP contribution is 2.32. The Labute approximate surface area is 130 Å². The maximum absolute atomic E-state index is 12.7. The van der Waals surface area contributed by atoms with Crippen molar-refractivity contribution in [3.8, 4) is 0 Å². The topological polar surface area (TPSA) is 105 Å². The van der Waals surface area contributed by atoms with E-state index in [2.05, 4.69) is 23.9 Å². The van der Waals surface area contributed by atoms with E-state index in [0.717, 1.165) is 17.6 Å². The second-order valence-corrected chi connectivity index (χ2v) is 7.62. The van der Waals surface area contributed by atoms with E-state index in [4.69, 9.17) is 0 Å². The second-order valence-electron chi connectivity index (χ2n) is 5.19. The fourth-order valence-corrected chi connectivity index (χ4v) is 4.75. The summed E-state index contributed by atoms with van der Waals surface area (Å²) in [6, 6.07) is 5.02. The van der Waals surface area contributed by atoms with Crippen molar-refractivity contribution in [2.45, 2.75) is 17.7 Å². The molecule has 1 aliphatic rings. The van der Waals surface area contributed by atoms with E-state index in [9.17, 15) is 8.42 Å². The van der Waals surface area contributed by atoms with Crippen LogP contribution in [0.25, 0.3) is 11.0 Å². The number of nitrogens with zero attached hydrogens (tertiary/aromatic N) is 5. The Morgan fingerprint density at radius 2 is 2.14 bits per heavy atom. The number of sulfonamides is 1. The quantitative estimate of drug-likeness (QED) is 0.762. The molecule has 1 N–H and O–H groups in total. The molecule has 8 nitrogen and oxygen atoms in total. The maximum Gasteiger partial charge on any atom is 0.245 e. The van der Waals surface area contributed by atoms with Gasteiger partial charge in [-0.25, -0.2) is 13.4 Å². The second kappa shape index (κ2) is 4.80. The summed E-state index contributed by atoms with van der Waals surface area (Å²) in [7, 11) is -3.56. The van der Waals surface area contributed by atoms with E-state index in [1.54, 1.807) is 18.2 Å². The molecular formula is C12H12N6O2S2. The summed E-state index contributed by atoms with van der Waals surface area (Å²) in [5, 5.41) is 6.87. The van der Waals surface area contributed by atoms with E-state index >= 15 is 0 Å². The lowest BCUT2D eigenvalue weighted by Gasteiger charge is -2.36. The average molecular weight is 336 g/mol. The largest absolute Gasteiger partial charge is 0.263 e. The van der Waals surface area contributed by atoms with Gasteiger partial charge >= 0.3 is 0 Å². The number of aromatic nitrogens is 5. The van der Waals surface area contributed by atoms with Crippen LogP contribution in [-0.4, -0.2) is 49.7 Å². The highest BCUT2D eigenvalue weighted by molar-refractivity contribution is 7.89. The van der Waals surface area contributed by atoms with Crippen LogP contribution in [0.3, 0.4) is 0 Å². The summed E-state index contributed by atoms with van der Waals surface area (Å²) in [6.45, 7) is 2.58. The van der Waals surface area contributed by atoms with Crippen molar-refractivity contribution in [3.05, 3.63) is 29.8 Å². The van der Waals surface area contributed by atoms with Crippen LogP contribution < -0.4 is 0 Å². The van der Waals surface area contributed by atoms with Crippen molar-refractivity contribution < 1.29 is 8.42 Å². The molecule has 0 radical (unpaired) electrons. The molecule has 2 aromatic heterocycles. The Morgan fingerprint density at radius 3 is 2.86 bits per heavy atom. The number of fused-ring (bicyclic) bond motifs is 1. The fraction of sp³-hybridized carbons (Fsp3) is 0.333. The fourth-order valence-electron chi connectivity index (χ4n) is 2.47. The first-order valence-electron chi connectivity index (χ1n) is 6.66. The molecule has 1 saturated heterocycles. The van der Waals surface area contributed by atoms with Crippen molar-refractivity contribution in [2.75, 3.05) is 13.1 Å². The first-order chi connectivity index (χ1) is 10.6. The van der Waals surface area contributed by atoms with Gasteiger partial charge < -0.3 is 0 Å². The van der Waals surface area contributed by atoms with Crippen LogP contribution in [0.5, 0.6) is 0 Å². The third kappa shape index (κ3) is 2.02. The number of aromatic amines is 1. The Bertz CT molecular complexity index is 941.